The third-order valence-corrected chi connectivity index (χ3v) is 7.77. The molecule has 0 radical (unpaired) electrons. The summed E-state index contributed by atoms with van der Waals surface area (Å²) in [4.78, 5) is 32.5. The molecule has 0 saturated carbocycles. The van der Waals surface area contributed by atoms with Crippen molar-refractivity contribution in [2.24, 2.45) is 0 Å². The first kappa shape index (κ1) is 27.7. The van der Waals surface area contributed by atoms with Gasteiger partial charge in [0.15, 0.2) is 0 Å². The van der Waals surface area contributed by atoms with Gasteiger partial charge in [-0.3, -0.25) is 9.59 Å². The second kappa shape index (κ2) is 14.6. The minimum Gasteiger partial charge on any atom is -0.361 e. The molecule has 38 heavy (non-hydrogen) atoms. The van der Waals surface area contributed by atoms with Crippen LogP contribution >= 0.6 is 11.3 Å². The Morgan fingerprint density at radius 2 is 1.82 bits per heavy atom. The number of ketones is 1. The molecule has 0 saturated heterocycles. The molecular weight excluding hydrogens is 492 g/mol. The first-order valence-electron chi connectivity index (χ1n) is 13.7. The summed E-state index contributed by atoms with van der Waals surface area (Å²) in [5, 5.41) is 11.1. The van der Waals surface area contributed by atoms with Crippen molar-refractivity contribution in [2.75, 3.05) is 6.54 Å². The van der Waals surface area contributed by atoms with Gasteiger partial charge in [-0.25, -0.2) is 4.98 Å². The van der Waals surface area contributed by atoms with Gasteiger partial charge in [-0.1, -0.05) is 68.3 Å². The molecule has 0 bridgehead atoms. The van der Waals surface area contributed by atoms with E-state index in [2.05, 4.69) is 45.3 Å². The quantitative estimate of drug-likeness (QED) is 0.146. The molecular formula is C31H38N4O2S. The Morgan fingerprint density at radius 3 is 2.66 bits per heavy atom. The third-order valence-electron chi connectivity index (χ3n) is 6.83. The number of hydrogen-bond donors (Lipinski definition) is 3. The lowest BCUT2D eigenvalue weighted by atomic mass is 10.0. The van der Waals surface area contributed by atoms with E-state index >= 15 is 0 Å². The number of aryl methyl sites for hydroxylation is 1. The molecule has 1 unspecified atom stereocenters. The largest absolute Gasteiger partial charge is 0.361 e. The van der Waals surface area contributed by atoms with Crippen LogP contribution in [0.15, 0.2) is 66.2 Å². The summed E-state index contributed by atoms with van der Waals surface area (Å²) in [6.45, 7) is 3.27. The number of Topliss-reactive ketones (excluding diaryl/α,β-unsaturated/α-hetero) is 1. The van der Waals surface area contributed by atoms with Crippen molar-refractivity contribution in [3.05, 3.63) is 77.4 Å². The first-order chi connectivity index (χ1) is 18.6. The van der Waals surface area contributed by atoms with E-state index in [0.717, 1.165) is 47.5 Å². The molecule has 1 amide bonds. The number of unbranched alkanes of at least 4 members (excludes halogenated alkanes) is 2. The molecule has 4 aromatic rings. The number of nitrogens with zero attached hydrogens (tertiary/aromatic N) is 1. The second-order valence-electron chi connectivity index (χ2n) is 9.76. The van der Waals surface area contributed by atoms with Crippen LogP contribution in [0.4, 0.5) is 0 Å². The molecule has 0 fully saturated rings. The van der Waals surface area contributed by atoms with Crippen molar-refractivity contribution in [3.63, 3.8) is 0 Å². The van der Waals surface area contributed by atoms with Gasteiger partial charge in [-0.05, 0) is 30.9 Å². The maximum absolute atomic E-state index is 12.9. The molecule has 1 atom stereocenters. The lowest BCUT2D eigenvalue weighted by molar-refractivity contribution is -0.121. The molecule has 0 aliphatic heterocycles. The standard InChI is InChI=1S/C31H38N4O2S/c1-2-27(36)14-8-4-7-13-25(20-32-21-26-22-38-31(35-26)23-11-5-3-6-12-23)34-30(37)18-17-24-19-33-29-16-10-9-15-28(24)29/h3,5-6,9-12,15-16,19,22,25,32-33H,2,4,7-8,13-14,17-18,20-21H2,1H3,(H,34,37). The number of amides is 1. The van der Waals surface area contributed by atoms with E-state index in [1.807, 2.05) is 43.5 Å². The van der Waals surface area contributed by atoms with Gasteiger partial charge in [-0.2, -0.15) is 0 Å². The van der Waals surface area contributed by atoms with Gasteiger partial charge < -0.3 is 15.6 Å². The molecule has 2 heterocycles. The fourth-order valence-corrected chi connectivity index (χ4v) is 5.48. The predicted octanol–water partition coefficient (Wildman–Crippen LogP) is 6.43. The second-order valence-corrected chi connectivity index (χ2v) is 10.6. The number of nitrogens with one attached hydrogen (secondary N) is 3. The van der Waals surface area contributed by atoms with Gasteiger partial charge in [-0.15, -0.1) is 11.3 Å². The molecule has 3 N–H and O–H groups in total. The average Bonchev–Trinajstić information content (AvgIpc) is 3.59. The Bertz CT molecular complexity index is 1300. The van der Waals surface area contributed by atoms with Crippen LogP contribution in [0.2, 0.25) is 0 Å². The Labute approximate surface area is 229 Å². The van der Waals surface area contributed by atoms with Crippen molar-refractivity contribution >= 4 is 33.9 Å². The number of H-pyrrole nitrogens is 1. The van der Waals surface area contributed by atoms with E-state index in [-0.39, 0.29) is 11.9 Å². The van der Waals surface area contributed by atoms with Crippen LogP contribution in [0.1, 0.15) is 63.1 Å². The molecule has 0 spiro atoms. The predicted molar refractivity (Wildman–Crippen MR) is 156 cm³/mol. The minimum absolute atomic E-state index is 0.0413. The van der Waals surface area contributed by atoms with Crippen molar-refractivity contribution < 1.29 is 9.59 Å². The maximum atomic E-state index is 12.9. The number of para-hydroxylation sites is 1. The van der Waals surface area contributed by atoms with Gasteiger partial charge in [0.2, 0.25) is 5.91 Å². The highest BCUT2D eigenvalue weighted by atomic mass is 32.1. The Morgan fingerprint density at radius 1 is 1.00 bits per heavy atom. The van der Waals surface area contributed by atoms with Crippen LogP contribution in [-0.4, -0.2) is 34.2 Å². The molecule has 0 aliphatic rings. The molecule has 4 rings (SSSR count). The molecule has 6 nitrogen and oxygen atoms in total. The van der Waals surface area contributed by atoms with Crippen LogP contribution in [0.5, 0.6) is 0 Å². The summed E-state index contributed by atoms with van der Waals surface area (Å²) in [5.74, 6) is 0.398. The zero-order valence-electron chi connectivity index (χ0n) is 22.2. The van der Waals surface area contributed by atoms with Crippen LogP contribution in [0.25, 0.3) is 21.5 Å². The summed E-state index contributed by atoms with van der Waals surface area (Å²) >= 11 is 1.65. The van der Waals surface area contributed by atoms with E-state index in [0.29, 0.717) is 44.6 Å². The Hall–Kier alpha value is -3.29. The van der Waals surface area contributed by atoms with E-state index in [1.165, 1.54) is 10.9 Å². The van der Waals surface area contributed by atoms with E-state index in [9.17, 15) is 9.59 Å². The number of fused-ring (bicyclic) bond motifs is 1. The van der Waals surface area contributed by atoms with Gasteiger partial charge >= 0.3 is 0 Å². The molecule has 2 aromatic carbocycles. The minimum atomic E-state index is 0.0413. The van der Waals surface area contributed by atoms with Crippen LogP contribution in [-0.2, 0) is 22.6 Å². The fraction of sp³-hybridized carbons (Fsp3) is 0.387. The first-order valence-corrected chi connectivity index (χ1v) is 14.6. The van der Waals surface area contributed by atoms with Gasteiger partial charge in [0, 0.05) is 66.4 Å². The molecule has 2 aromatic heterocycles. The molecule has 7 heteroatoms. The number of carbonyl (C=O) groups excluding carboxylic acids is 2. The van der Waals surface area contributed by atoms with Crippen LogP contribution in [0, 0.1) is 0 Å². The number of hydrogen-bond acceptors (Lipinski definition) is 5. The van der Waals surface area contributed by atoms with Crippen molar-refractivity contribution in [1.82, 2.24) is 20.6 Å². The highest BCUT2D eigenvalue weighted by Gasteiger charge is 2.14. The lowest BCUT2D eigenvalue weighted by Crippen LogP contribution is -2.42. The van der Waals surface area contributed by atoms with Gasteiger partial charge in [0.25, 0.3) is 0 Å². The van der Waals surface area contributed by atoms with Gasteiger partial charge in [0.1, 0.15) is 10.8 Å². The van der Waals surface area contributed by atoms with E-state index in [4.69, 9.17) is 4.98 Å². The van der Waals surface area contributed by atoms with Crippen molar-refractivity contribution in [2.45, 2.75) is 70.9 Å². The number of carbonyl (C=O) groups is 2. The summed E-state index contributed by atoms with van der Waals surface area (Å²) < 4.78 is 0. The third kappa shape index (κ3) is 8.36. The van der Waals surface area contributed by atoms with Crippen LogP contribution < -0.4 is 10.6 Å². The smallest absolute Gasteiger partial charge is 0.220 e. The number of rotatable bonds is 16. The van der Waals surface area contributed by atoms with Crippen molar-refractivity contribution in [3.8, 4) is 10.6 Å². The zero-order valence-corrected chi connectivity index (χ0v) is 23.0. The van der Waals surface area contributed by atoms with Crippen molar-refractivity contribution in [1.29, 1.82) is 0 Å². The summed E-state index contributed by atoms with van der Waals surface area (Å²) in [6, 6.07) is 18.4. The summed E-state index contributed by atoms with van der Waals surface area (Å²) in [5.41, 5.74) is 4.41. The average molecular weight is 531 g/mol. The number of aromatic amines is 1. The Balaban J connectivity index is 1.27. The zero-order chi connectivity index (χ0) is 26.6. The number of thiazole rings is 1. The Kier molecular flexibility index (Phi) is 10.7. The molecule has 200 valence electrons. The summed E-state index contributed by atoms with van der Waals surface area (Å²) in [6.07, 6.45) is 8.23. The van der Waals surface area contributed by atoms with E-state index < -0.39 is 0 Å². The molecule has 0 aliphatic carbocycles. The highest BCUT2D eigenvalue weighted by Crippen LogP contribution is 2.23. The topological polar surface area (TPSA) is 86.9 Å². The number of aromatic nitrogens is 2. The lowest BCUT2D eigenvalue weighted by Gasteiger charge is -2.19. The van der Waals surface area contributed by atoms with E-state index in [1.54, 1.807) is 11.3 Å². The monoisotopic (exact) mass is 530 g/mol. The fourth-order valence-electron chi connectivity index (χ4n) is 4.65. The van der Waals surface area contributed by atoms with Crippen LogP contribution in [0.3, 0.4) is 0 Å². The normalized spacial score (nSPS) is 12.0. The van der Waals surface area contributed by atoms with Gasteiger partial charge in [0.05, 0.1) is 5.69 Å². The summed E-state index contributed by atoms with van der Waals surface area (Å²) in [7, 11) is 0. The SMILES string of the molecule is CCC(=O)CCCCCC(CNCc1csc(-c2ccccc2)n1)NC(=O)CCc1c[nH]c2ccccc12. The number of benzene rings is 2. The highest BCUT2D eigenvalue weighted by molar-refractivity contribution is 7.13. The maximum Gasteiger partial charge on any atom is 0.220 e.